The van der Waals surface area contributed by atoms with Crippen molar-refractivity contribution in [3.8, 4) is 0 Å². The fourth-order valence-corrected chi connectivity index (χ4v) is 2.05. The van der Waals surface area contributed by atoms with E-state index in [9.17, 15) is 4.79 Å². The number of hydrogen-bond donors (Lipinski definition) is 2. The molecule has 1 amide bonds. The molecule has 2 aromatic rings. The summed E-state index contributed by atoms with van der Waals surface area (Å²) in [7, 11) is 0. The van der Waals surface area contributed by atoms with Gasteiger partial charge in [-0.2, -0.15) is 0 Å². The minimum Gasteiger partial charge on any atom is -0.366 e. The number of amides is 1. The third-order valence-electron chi connectivity index (χ3n) is 3.22. The van der Waals surface area contributed by atoms with Gasteiger partial charge in [0, 0.05) is 23.2 Å². The molecule has 0 heterocycles. The SMILES string of the molecule is C[C@@H](NCc1ccc(C(N)=O)cc1)c1ccc(Cl)cc1. The van der Waals surface area contributed by atoms with Crippen LogP contribution in [-0.2, 0) is 6.54 Å². The smallest absolute Gasteiger partial charge is 0.248 e. The summed E-state index contributed by atoms with van der Waals surface area (Å²) in [6.45, 7) is 2.82. The molecule has 0 aliphatic carbocycles. The molecule has 0 aliphatic rings. The molecule has 3 N–H and O–H groups in total. The zero-order valence-electron chi connectivity index (χ0n) is 11.3. The van der Waals surface area contributed by atoms with Gasteiger partial charge in [0.15, 0.2) is 0 Å². The van der Waals surface area contributed by atoms with E-state index in [0.29, 0.717) is 5.56 Å². The number of primary amides is 1. The van der Waals surface area contributed by atoms with Crippen LogP contribution in [0.2, 0.25) is 5.02 Å². The lowest BCUT2D eigenvalue weighted by Gasteiger charge is -2.14. The predicted molar refractivity (Wildman–Crippen MR) is 81.7 cm³/mol. The number of nitrogens with two attached hydrogens (primary N) is 1. The lowest BCUT2D eigenvalue weighted by molar-refractivity contribution is 0.100. The maximum atomic E-state index is 11.0. The number of halogens is 1. The average molecular weight is 289 g/mol. The summed E-state index contributed by atoms with van der Waals surface area (Å²) in [6.07, 6.45) is 0. The van der Waals surface area contributed by atoms with E-state index in [2.05, 4.69) is 12.2 Å². The maximum absolute atomic E-state index is 11.0. The van der Waals surface area contributed by atoms with Crippen molar-refractivity contribution in [3.05, 3.63) is 70.2 Å². The monoisotopic (exact) mass is 288 g/mol. The van der Waals surface area contributed by atoms with Crippen LogP contribution in [-0.4, -0.2) is 5.91 Å². The Morgan fingerprint density at radius 3 is 2.30 bits per heavy atom. The molecule has 0 unspecified atom stereocenters. The largest absolute Gasteiger partial charge is 0.366 e. The summed E-state index contributed by atoms with van der Waals surface area (Å²) in [4.78, 5) is 11.0. The van der Waals surface area contributed by atoms with Gasteiger partial charge in [-0.05, 0) is 42.3 Å². The van der Waals surface area contributed by atoms with Gasteiger partial charge < -0.3 is 11.1 Å². The van der Waals surface area contributed by atoms with Crippen molar-refractivity contribution in [2.45, 2.75) is 19.5 Å². The Kier molecular flexibility index (Phi) is 4.77. The van der Waals surface area contributed by atoms with Crippen LogP contribution in [0.25, 0.3) is 0 Å². The van der Waals surface area contributed by atoms with Crippen LogP contribution in [0, 0.1) is 0 Å². The number of benzene rings is 2. The summed E-state index contributed by atoms with van der Waals surface area (Å²) in [5.74, 6) is -0.404. The number of carbonyl (C=O) groups excluding carboxylic acids is 1. The van der Waals surface area contributed by atoms with E-state index in [1.807, 2.05) is 36.4 Å². The highest BCUT2D eigenvalue weighted by Crippen LogP contribution is 2.16. The average Bonchev–Trinajstić information content (AvgIpc) is 2.46. The van der Waals surface area contributed by atoms with E-state index in [4.69, 9.17) is 17.3 Å². The third-order valence-corrected chi connectivity index (χ3v) is 3.47. The molecular formula is C16H17ClN2O. The van der Waals surface area contributed by atoms with Crippen LogP contribution >= 0.6 is 11.6 Å². The lowest BCUT2D eigenvalue weighted by atomic mass is 10.1. The zero-order chi connectivity index (χ0) is 14.5. The van der Waals surface area contributed by atoms with Gasteiger partial charge in [-0.3, -0.25) is 4.79 Å². The van der Waals surface area contributed by atoms with E-state index < -0.39 is 5.91 Å². The first-order chi connectivity index (χ1) is 9.56. The van der Waals surface area contributed by atoms with Crippen molar-refractivity contribution in [3.63, 3.8) is 0 Å². The Bertz CT molecular complexity index is 578. The van der Waals surface area contributed by atoms with Crippen LogP contribution in [0.1, 0.15) is 34.5 Å². The summed E-state index contributed by atoms with van der Waals surface area (Å²) >= 11 is 5.87. The van der Waals surface area contributed by atoms with Gasteiger partial charge in [0.2, 0.25) is 5.91 Å². The molecule has 3 nitrogen and oxygen atoms in total. The summed E-state index contributed by atoms with van der Waals surface area (Å²) in [5, 5.41) is 4.16. The maximum Gasteiger partial charge on any atom is 0.248 e. The second-order valence-electron chi connectivity index (χ2n) is 4.72. The highest BCUT2D eigenvalue weighted by atomic mass is 35.5. The summed E-state index contributed by atoms with van der Waals surface area (Å²) < 4.78 is 0. The number of rotatable bonds is 5. The van der Waals surface area contributed by atoms with Gasteiger partial charge in [0.05, 0.1) is 0 Å². The standard InChI is InChI=1S/C16H17ClN2O/c1-11(13-6-8-15(17)9-7-13)19-10-12-2-4-14(5-3-12)16(18)20/h2-9,11,19H,10H2,1H3,(H2,18,20)/t11-/m1/s1. The van der Waals surface area contributed by atoms with E-state index in [-0.39, 0.29) is 6.04 Å². The van der Waals surface area contributed by atoms with Crippen LogP contribution in [0.3, 0.4) is 0 Å². The van der Waals surface area contributed by atoms with Crippen molar-refractivity contribution in [1.82, 2.24) is 5.32 Å². The molecule has 0 fully saturated rings. The van der Waals surface area contributed by atoms with Crippen molar-refractivity contribution < 1.29 is 4.79 Å². The molecule has 0 saturated carbocycles. The summed E-state index contributed by atoms with van der Waals surface area (Å²) in [6, 6.07) is 15.3. The molecule has 0 aromatic heterocycles. The van der Waals surface area contributed by atoms with E-state index >= 15 is 0 Å². The normalized spacial score (nSPS) is 12.1. The Morgan fingerprint density at radius 2 is 1.75 bits per heavy atom. The Morgan fingerprint density at radius 1 is 1.15 bits per heavy atom. The lowest BCUT2D eigenvalue weighted by Crippen LogP contribution is -2.18. The molecule has 1 atom stereocenters. The minimum atomic E-state index is -0.404. The fraction of sp³-hybridized carbons (Fsp3) is 0.188. The van der Waals surface area contributed by atoms with Gasteiger partial charge in [0.25, 0.3) is 0 Å². The molecule has 4 heteroatoms. The first-order valence-corrected chi connectivity index (χ1v) is 6.81. The van der Waals surface area contributed by atoms with Crippen LogP contribution in [0.5, 0.6) is 0 Å². The quantitative estimate of drug-likeness (QED) is 0.887. The van der Waals surface area contributed by atoms with Crippen LogP contribution in [0.15, 0.2) is 48.5 Å². The van der Waals surface area contributed by atoms with Crippen LogP contribution < -0.4 is 11.1 Å². The molecule has 20 heavy (non-hydrogen) atoms. The molecule has 2 rings (SSSR count). The van der Waals surface area contributed by atoms with E-state index in [0.717, 1.165) is 17.1 Å². The zero-order valence-corrected chi connectivity index (χ0v) is 12.0. The molecule has 2 aromatic carbocycles. The Hall–Kier alpha value is -1.84. The third kappa shape index (κ3) is 3.83. The fourth-order valence-electron chi connectivity index (χ4n) is 1.93. The Labute approximate surface area is 123 Å². The van der Waals surface area contributed by atoms with Crippen molar-refractivity contribution in [2.75, 3.05) is 0 Å². The van der Waals surface area contributed by atoms with Crippen molar-refractivity contribution >= 4 is 17.5 Å². The van der Waals surface area contributed by atoms with E-state index in [1.165, 1.54) is 5.56 Å². The van der Waals surface area contributed by atoms with Gasteiger partial charge >= 0.3 is 0 Å². The highest BCUT2D eigenvalue weighted by Gasteiger charge is 2.05. The molecule has 0 spiro atoms. The van der Waals surface area contributed by atoms with Crippen molar-refractivity contribution in [2.24, 2.45) is 5.73 Å². The Balaban J connectivity index is 1.94. The molecule has 0 aliphatic heterocycles. The second kappa shape index (κ2) is 6.55. The molecule has 0 bridgehead atoms. The first kappa shape index (κ1) is 14.6. The predicted octanol–water partition coefficient (Wildman–Crippen LogP) is 3.29. The molecular weight excluding hydrogens is 272 g/mol. The van der Waals surface area contributed by atoms with E-state index in [1.54, 1.807) is 12.1 Å². The van der Waals surface area contributed by atoms with Crippen LogP contribution in [0.4, 0.5) is 0 Å². The summed E-state index contributed by atoms with van der Waals surface area (Å²) in [5.41, 5.74) is 8.03. The molecule has 104 valence electrons. The topological polar surface area (TPSA) is 55.1 Å². The first-order valence-electron chi connectivity index (χ1n) is 6.44. The van der Waals surface area contributed by atoms with Gasteiger partial charge in [-0.25, -0.2) is 0 Å². The second-order valence-corrected chi connectivity index (χ2v) is 5.15. The molecule has 0 radical (unpaired) electrons. The molecule has 0 saturated heterocycles. The minimum absolute atomic E-state index is 0.225. The van der Waals surface area contributed by atoms with Gasteiger partial charge in [-0.15, -0.1) is 0 Å². The van der Waals surface area contributed by atoms with Crippen molar-refractivity contribution in [1.29, 1.82) is 0 Å². The number of nitrogens with one attached hydrogen (secondary N) is 1. The number of carbonyl (C=O) groups is 1. The number of hydrogen-bond acceptors (Lipinski definition) is 2. The van der Waals surface area contributed by atoms with Gasteiger partial charge in [-0.1, -0.05) is 35.9 Å². The van der Waals surface area contributed by atoms with Gasteiger partial charge in [0.1, 0.15) is 0 Å². The highest BCUT2D eigenvalue weighted by molar-refractivity contribution is 6.30.